The molecule has 0 bridgehead atoms. The summed E-state index contributed by atoms with van der Waals surface area (Å²) >= 11 is 0. The predicted octanol–water partition coefficient (Wildman–Crippen LogP) is 3.83. The van der Waals surface area contributed by atoms with Crippen molar-refractivity contribution in [3.63, 3.8) is 0 Å². The first kappa shape index (κ1) is 20.2. The Morgan fingerprint density at radius 1 is 1.22 bits per heavy atom. The molecular formula is C17H33NO4Si. The van der Waals surface area contributed by atoms with Crippen molar-refractivity contribution in [1.29, 1.82) is 0 Å². The van der Waals surface area contributed by atoms with Crippen molar-refractivity contribution in [3.8, 4) is 0 Å². The number of hydrogen-bond donors (Lipinski definition) is 0. The molecule has 0 aromatic heterocycles. The van der Waals surface area contributed by atoms with Gasteiger partial charge in [-0.15, -0.1) is 0 Å². The molecule has 1 saturated heterocycles. The number of Topliss-reactive ketones (excluding diaryl/α,β-unsaturated/α-hetero) is 1. The number of carbonyl (C=O) groups excluding carboxylic acids is 2. The molecule has 1 atom stereocenters. The molecule has 6 heteroatoms. The summed E-state index contributed by atoms with van der Waals surface area (Å²) in [5.74, 6) is -0.0612. The highest BCUT2D eigenvalue weighted by molar-refractivity contribution is 6.74. The van der Waals surface area contributed by atoms with Crippen LogP contribution in [0.1, 0.15) is 48.0 Å². The third kappa shape index (κ3) is 5.92. The number of piperidine rings is 1. The molecule has 0 aromatic carbocycles. The van der Waals surface area contributed by atoms with Crippen LogP contribution in [0.2, 0.25) is 18.1 Å². The molecule has 0 spiro atoms. The number of rotatable bonds is 3. The molecule has 1 aliphatic heterocycles. The van der Waals surface area contributed by atoms with E-state index in [1.807, 2.05) is 20.8 Å². The van der Waals surface area contributed by atoms with Crippen molar-refractivity contribution in [2.24, 2.45) is 5.92 Å². The molecule has 23 heavy (non-hydrogen) atoms. The average molecular weight is 344 g/mol. The number of likely N-dealkylation sites (tertiary alicyclic amines) is 1. The highest BCUT2D eigenvalue weighted by Crippen LogP contribution is 2.37. The molecule has 0 aromatic rings. The van der Waals surface area contributed by atoms with Crippen molar-refractivity contribution in [3.05, 3.63) is 0 Å². The fraction of sp³-hybridized carbons (Fsp3) is 0.882. The van der Waals surface area contributed by atoms with Crippen LogP contribution in [0, 0.1) is 5.92 Å². The van der Waals surface area contributed by atoms with Crippen LogP contribution in [0.4, 0.5) is 4.79 Å². The summed E-state index contributed by atoms with van der Waals surface area (Å²) in [6.45, 7) is 17.6. The molecule has 1 amide bonds. The first-order valence-electron chi connectivity index (χ1n) is 8.37. The van der Waals surface area contributed by atoms with Gasteiger partial charge in [-0.1, -0.05) is 20.8 Å². The summed E-state index contributed by atoms with van der Waals surface area (Å²) in [7, 11) is -1.89. The first-order chi connectivity index (χ1) is 10.2. The maximum Gasteiger partial charge on any atom is 0.410 e. The van der Waals surface area contributed by atoms with Crippen LogP contribution in [0.25, 0.3) is 0 Å². The molecule has 0 saturated carbocycles. The Balaban J connectivity index is 2.65. The summed E-state index contributed by atoms with van der Waals surface area (Å²) in [4.78, 5) is 26.0. The van der Waals surface area contributed by atoms with E-state index in [-0.39, 0.29) is 22.8 Å². The first-order valence-corrected chi connectivity index (χ1v) is 11.3. The van der Waals surface area contributed by atoms with Gasteiger partial charge < -0.3 is 14.1 Å². The SMILES string of the molecule is CC(C)(C)OC(=O)N1CCC(=O)[C@@H](CO[Si](C)(C)C(C)(C)C)C1. The van der Waals surface area contributed by atoms with Gasteiger partial charge in [-0.3, -0.25) is 4.79 Å². The molecule has 0 unspecified atom stereocenters. The van der Waals surface area contributed by atoms with Gasteiger partial charge in [0.25, 0.3) is 0 Å². The van der Waals surface area contributed by atoms with E-state index in [2.05, 4.69) is 33.9 Å². The molecule has 134 valence electrons. The molecule has 0 N–H and O–H groups in total. The third-order valence-corrected chi connectivity index (χ3v) is 9.13. The maximum atomic E-state index is 12.2. The lowest BCUT2D eigenvalue weighted by Gasteiger charge is -2.39. The van der Waals surface area contributed by atoms with Crippen molar-refractivity contribution in [2.75, 3.05) is 19.7 Å². The fourth-order valence-corrected chi connectivity index (χ4v) is 3.12. The minimum Gasteiger partial charge on any atom is -0.444 e. The topological polar surface area (TPSA) is 55.8 Å². The number of hydrogen-bond acceptors (Lipinski definition) is 4. The van der Waals surface area contributed by atoms with Crippen molar-refractivity contribution < 1.29 is 18.8 Å². The highest BCUT2D eigenvalue weighted by Gasteiger charge is 2.39. The molecule has 1 fully saturated rings. The quantitative estimate of drug-likeness (QED) is 0.731. The Kier molecular flexibility index (Phi) is 6.07. The van der Waals surface area contributed by atoms with E-state index in [1.54, 1.807) is 4.90 Å². The Labute approximate surface area is 141 Å². The fourth-order valence-electron chi connectivity index (χ4n) is 2.07. The van der Waals surface area contributed by atoms with Gasteiger partial charge in [0.05, 0.1) is 5.92 Å². The molecule has 1 aliphatic rings. The largest absolute Gasteiger partial charge is 0.444 e. The lowest BCUT2D eigenvalue weighted by atomic mass is 9.98. The van der Waals surface area contributed by atoms with Gasteiger partial charge in [0.1, 0.15) is 11.4 Å². The zero-order valence-electron chi connectivity index (χ0n) is 16.0. The minimum absolute atomic E-state index is 0.107. The van der Waals surface area contributed by atoms with Crippen LogP contribution in [0.15, 0.2) is 0 Å². The van der Waals surface area contributed by atoms with Crippen LogP contribution in [0.3, 0.4) is 0 Å². The van der Waals surface area contributed by atoms with Gasteiger partial charge in [-0.25, -0.2) is 4.79 Å². The van der Waals surface area contributed by atoms with E-state index in [0.29, 0.717) is 26.1 Å². The van der Waals surface area contributed by atoms with E-state index in [9.17, 15) is 9.59 Å². The standard InChI is InChI=1S/C17H33NO4Si/c1-16(2,3)22-15(20)18-10-9-14(19)13(11-18)12-21-23(7,8)17(4,5)6/h13H,9-12H2,1-8H3/t13-/m1/s1. The van der Waals surface area contributed by atoms with Gasteiger partial charge in [0.15, 0.2) is 8.32 Å². The number of carbonyl (C=O) groups is 2. The molecule has 1 heterocycles. The summed E-state index contributed by atoms with van der Waals surface area (Å²) in [6, 6.07) is 0. The van der Waals surface area contributed by atoms with Gasteiger partial charge in [-0.2, -0.15) is 0 Å². The minimum atomic E-state index is -1.89. The number of ether oxygens (including phenoxy) is 1. The van der Waals surface area contributed by atoms with Crippen LogP contribution in [-0.2, 0) is 14.0 Å². The Bertz CT molecular complexity index is 448. The molecule has 5 nitrogen and oxygen atoms in total. The molecule has 0 aliphatic carbocycles. The van der Waals surface area contributed by atoms with E-state index in [4.69, 9.17) is 9.16 Å². The zero-order valence-corrected chi connectivity index (χ0v) is 17.0. The van der Waals surface area contributed by atoms with Crippen molar-refractivity contribution in [2.45, 2.75) is 71.7 Å². The van der Waals surface area contributed by atoms with Gasteiger partial charge in [0.2, 0.25) is 0 Å². The van der Waals surface area contributed by atoms with Crippen LogP contribution >= 0.6 is 0 Å². The van der Waals surface area contributed by atoms with Gasteiger partial charge in [-0.05, 0) is 38.9 Å². The van der Waals surface area contributed by atoms with Gasteiger partial charge >= 0.3 is 6.09 Å². The van der Waals surface area contributed by atoms with E-state index >= 15 is 0 Å². The number of amides is 1. The Morgan fingerprint density at radius 2 is 1.78 bits per heavy atom. The molecule has 0 radical (unpaired) electrons. The lowest BCUT2D eigenvalue weighted by molar-refractivity contribution is -0.127. The van der Waals surface area contributed by atoms with E-state index < -0.39 is 13.9 Å². The summed E-state index contributed by atoms with van der Waals surface area (Å²) in [6.07, 6.45) is 0.0347. The van der Waals surface area contributed by atoms with E-state index in [0.717, 1.165) is 0 Å². The number of nitrogens with zero attached hydrogens (tertiary/aromatic N) is 1. The maximum absolute atomic E-state index is 12.2. The second-order valence-corrected chi connectivity index (χ2v) is 13.7. The second kappa shape index (κ2) is 6.93. The predicted molar refractivity (Wildman–Crippen MR) is 94.1 cm³/mol. The van der Waals surface area contributed by atoms with Crippen LogP contribution in [0.5, 0.6) is 0 Å². The molecular weight excluding hydrogens is 310 g/mol. The Morgan fingerprint density at radius 3 is 2.26 bits per heavy atom. The normalized spacial score (nSPS) is 20.6. The smallest absolute Gasteiger partial charge is 0.410 e. The van der Waals surface area contributed by atoms with Crippen LogP contribution < -0.4 is 0 Å². The summed E-state index contributed by atoms with van der Waals surface area (Å²) < 4.78 is 11.6. The lowest BCUT2D eigenvalue weighted by Crippen LogP contribution is -2.49. The van der Waals surface area contributed by atoms with Crippen molar-refractivity contribution >= 4 is 20.2 Å². The Hall–Kier alpha value is -0.883. The van der Waals surface area contributed by atoms with Crippen molar-refractivity contribution in [1.82, 2.24) is 4.90 Å². The van der Waals surface area contributed by atoms with Gasteiger partial charge in [0, 0.05) is 26.1 Å². The summed E-state index contributed by atoms with van der Waals surface area (Å²) in [5, 5.41) is 0.107. The van der Waals surface area contributed by atoms with E-state index in [1.165, 1.54) is 0 Å². The van der Waals surface area contributed by atoms with Crippen LogP contribution in [-0.4, -0.2) is 50.4 Å². The molecule has 1 rings (SSSR count). The third-order valence-electron chi connectivity index (χ3n) is 4.63. The average Bonchev–Trinajstić information content (AvgIpc) is 2.34. The zero-order chi connectivity index (χ0) is 18.1. The highest BCUT2D eigenvalue weighted by atomic mass is 28.4. The monoisotopic (exact) mass is 343 g/mol. The number of ketones is 1. The second-order valence-electron chi connectivity index (χ2n) is 8.91. The summed E-state index contributed by atoms with van der Waals surface area (Å²) in [5.41, 5.74) is -0.522.